The van der Waals surface area contributed by atoms with Gasteiger partial charge in [-0.05, 0) is 30.0 Å². The second kappa shape index (κ2) is 7.70. The first-order chi connectivity index (χ1) is 10.5. The summed E-state index contributed by atoms with van der Waals surface area (Å²) in [6, 6.07) is 5.70. The molecule has 1 unspecified atom stereocenters. The highest BCUT2D eigenvalue weighted by atomic mass is 16.3. The molecule has 0 fully saturated rings. The van der Waals surface area contributed by atoms with Crippen molar-refractivity contribution >= 4 is 11.7 Å². The fourth-order valence-corrected chi connectivity index (χ4v) is 1.97. The number of hydrogen-bond donors (Lipinski definition) is 2. The number of rotatable bonds is 7. The summed E-state index contributed by atoms with van der Waals surface area (Å²) in [5.74, 6) is 0.347. The van der Waals surface area contributed by atoms with Gasteiger partial charge in [-0.25, -0.2) is 0 Å². The summed E-state index contributed by atoms with van der Waals surface area (Å²) in [5, 5.41) is 16.7. The van der Waals surface area contributed by atoms with E-state index < -0.39 is 6.10 Å². The van der Waals surface area contributed by atoms with Gasteiger partial charge in [0.25, 0.3) is 0 Å². The van der Waals surface area contributed by atoms with Crippen LogP contribution in [0.4, 0.5) is 5.82 Å². The van der Waals surface area contributed by atoms with Gasteiger partial charge < -0.3 is 10.4 Å². The molecule has 0 bridgehead atoms. The molecule has 0 aliphatic heterocycles. The van der Waals surface area contributed by atoms with E-state index in [1.165, 1.54) is 5.56 Å². The van der Waals surface area contributed by atoms with E-state index in [0.717, 1.165) is 13.0 Å². The monoisotopic (exact) mass is 302 g/mol. The van der Waals surface area contributed by atoms with Crippen LogP contribution in [-0.2, 0) is 17.8 Å². The largest absolute Gasteiger partial charge is 0.392 e. The molecule has 0 saturated carbocycles. The molecule has 0 saturated heterocycles. The summed E-state index contributed by atoms with van der Waals surface area (Å²) in [7, 11) is 0. The van der Waals surface area contributed by atoms with Crippen LogP contribution >= 0.6 is 0 Å². The van der Waals surface area contributed by atoms with Gasteiger partial charge in [0.05, 0.1) is 12.5 Å². The molecule has 22 heavy (non-hydrogen) atoms. The Balaban J connectivity index is 1.82. The van der Waals surface area contributed by atoms with E-state index in [0.29, 0.717) is 5.82 Å². The predicted molar refractivity (Wildman–Crippen MR) is 84.3 cm³/mol. The van der Waals surface area contributed by atoms with Crippen LogP contribution in [0.3, 0.4) is 0 Å². The number of aromatic nitrogens is 3. The molecule has 2 N–H and O–H groups in total. The van der Waals surface area contributed by atoms with Crippen molar-refractivity contribution in [1.82, 2.24) is 14.8 Å². The Labute approximate surface area is 130 Å². The van der Waals surface area contributed by atoms with Crippen molar-refractivity contribution in [3.63, 3.8) is 0 Å². The molecular formula is C16H22N4O2. The predicted octanol–water partition coefficient (Wildman–Crippen LogP) is 1.87. The summed E-state index contributed by atoms with van der Waals surface area (Å²) in [4.78, 5) is 15.8. The van der Waals surface area contributed by atoms with Crippen LogP contribution in [-0.4, -0.2) is 31.9 Å². The quantitative estimate of drug-likeness (QED) is 0.818. The highest BCUT2D eigenvalue weighted by Gasteiger charge is 2.15. The van der Waals surface area contributed by atoms with Crippen LogP contribution in [0.15, 0.2) is 36.8 Å². The molecule has 1 amide bonds. The first-order valence-electron chi connectivity index (χ1n) is 7.45. The van der Waals surface area contributed by atoms with Crippen LogP contribution < -0.4 is 5.32 Å². The smallest absolute Gasteiger partial charge is 0.228 e. The molecule has 1 atom stereocenters. The Hall–Kier alpha value is -2.21. The molecule has 118 valence electrons. The number of anilines is 1. The van der Waals surface area contributed by atoms with Gasteiger partial charge in [-0.3, -0.25) is 14.5 Å². The maximum absolute atomic E-state index is 11.8. The van der Waals surface area contributed by atoms with E-state index >= 15 is 0 Å². The minimum absolute atomic E-state index is 0.0590. The molecule has 6 heteroatoms. The normalized spacial score (nSPS) is 12.4. The third kappa shape index (κ3) is 4.96. The molecule has 2 aromatic rings. The van der Waals surface area contributed by atoms with Crippen molar-refractivity contribution in [3.05, 3.63) is 42.4 Å². The van der Waals surface area contributed by atoms with Crippen LogP contribution in [0.1, 0.15) is 25.8 Å². The second-order valence-electron chi connectivity index (χ2n) is 5.63. The molecule has 2 aromatic heterocycles. The van der Waals surface area contributed by atoms with Gasteiger partial charge in [0, 0.05) is 31.2 Å². The van der Waals surface area contributed by atoms with Crippen LogP contribution in [0.5, 0.6) is 0 Å². The number of amides is 1. The molecular weight excluding hydrogens is 280 g/mol. The standard InChI is InChI=1S/C16H22N4O2/c1-12(2)14(21)11-16(22)18-15-6-10-20(19-15)9-5-13-3-7-17-8-4-13/h3-4,6-8,10,12,14,21H,5,9,11H2,1-2H3,(H,18,19,22). The zero-order valence-corrected chi connectivity index (χ0v) is 12.9. The molecule has 0 aromatic carbocycles. The number of nitrogens with one attached hydrogen (secondary N) is 1. The van der Waals surface area contributed by atoms with E-state index in [-0.39, 0.29) is 18.2 Å². The lowest BCUT2D eigenvalue weighted by molar-refractivity contribution is -0.118. The molecule has 0 aliphatic rings. The van der Waals surface area contributed by atoms with Crippen molar-refractivity contribution in [2.45, 2.75) is 39.3 Å². The number of hydrogen-bond acceptors (Lipinski definition) is 4. The summed E-state index contributed by atoms with van der Waals surface area (Å²) in [6.07, 6.45) is 5.67. The van der Waals surface area contributed by atoms with Crippen molar-refractivity contribution in [2.24, 2.45) is 5.92 Å². The van der Waals surface area contributed by atoms with E-state index in [2.05, 4.69) is 15.4 Å². The average Bonchev–Trinajstić information content (AvgIpc) is 2.93. The van der Waals surface area contributed by atoms with Crippen molar-refractivity contribution in [2.75, 3.05) is 5.32 Å². The summed E-state index contributed by atoms with van der Waals surface area (Å²) < 4.78 is 1.79. The number of carbonyl (C=O) groups is 1. The molecule has 2 heterocycles. The number of pyridine rings is 1. The van der Waals surface area contributed by atoms with E-state index in [1.807, 2.05) is 32.2 Å². The fraction of sp³-hybridized carbons (Fsp3) is 0.438. The molecule has 0 radical (unpaired) electrons. The van der Waals surface area contributed by atoms with Crippen molar-refractivity contribution in [1.29, 1.82) is 0 Å². The summed E-state index contributed by atoms with van der Waals surface area (Å²) in [5.41, 5.74) is 1.19. The van der Waals surface area contributed by atoms with E-state index in [1.54, 1.807) is 23.1 Å². The fourth-order valence-electron chi connectivity index (χ4n) is 1.97. The van der Waals surface area contributed by atoms with Gasteiger partial charge >= 0.3 is 0 Å². The van der Waals surface area contributed by atoms with Gasteiger partial charge in [0.2, 0.25) is 5.91 Å². The van der Waals surface area contributed by atoms with Crippen molar-refractivity contribution in [3.8, 4) is 0 Å². The number of aliphatic hydroxyl groups is 1. The topological polar surface area (TPSA) is 80.0 Å². The Kier molecular flexibility index (Phi) is 5.66. The van der Waals surface area contributed by atoms with Gasteiger partial charge in [-0.2, -0.15) is 5.10 Å². The van der Waals surface area contributed by atoms with E-state index in [4.69, 9.17) is 0 Å². The third-order valence-electron chi connectivity index (χ3n) is 3.45. The number of aliphatic hydroxyl groups excluding tert-OH is 1. The Morgan fingerprint density at radius 3 is 2.73 bits per heavy atom. The highest BCUT2D eigenvalue weighted by molar-refractivity contribution is 5.89. The number of nitrogens with zero attached hydrogens (tertiary/aromatic N) is 3. The average molecular weight is 302 g/mol. The lowest BCUT2D eigenvalue weighted by Gasteiger charge is -2.13. The lowest BCUT2D eigenvalue weighted by Crippen LogP contribution is -2.23. The highest BCUT2D eigenvalue weighted by Crippen LogP contribution is 2.09. The van der Waals surface area contributed by atoms with Crippen molar-refractivity contribution < 1.29 is 9.90 Å². The maximum atomic E-state index is 11.8. The molecule has 2 rings (SSSR count). The Bertz CT molecular complexity index is 595. The molecule has 0 aliphatic carbocycles. The SMILES string of the molecule is CC(C)C(O)CC(=O)Nc1ccn(CCc2ccncc2)n1. The Morgan fingerprint density at radius 2 is 2.05 bits per heavy atom. The van der Waals surface area contributed by atoms with Crippen LogP contribution in [0.2, 0.25) is 0 Å². The summed E-state index contributed by atoms with van der Waals surface area (Å²) >= 11 is 0. The number of carbonyl (C=O) groups excluding carboxylic acids is 1. The van der Waals surface area contributed by atoms with Crippen LogP contribution in [0, 0.1) is 5.92 Å². The zero-order valence-electron chi connectivity index (χ0n) is 12.9. The third-order valence-corrected chi connectivity index (χ3v) is 3.45. The minimum Gasteiger partial charge on any atom is -0.392 e. The zero-order chi connectivity index (χ0) is 15.9. The Morgan fingerprint density at radius 1 is 1.32 bits per heavy atom. The van der Waals surface area contributed by atoms with E-state index in [9.17, 15) is 9.90 Å². The lowest BCUT2D eigenvalue weighted by atomic mass is 10.0. The summed E-state index contributed by atoms with van der Waals surface area (Å²) in [6.45, 7) is 4.49. The number of aryl methyl sites for hydroxylation is 2. The molecule has 6 nitrogen and oxygen atoms in total. The molecule has 0 spiro atoms. The second-order valence-corrected chi connectivity index (χ2v) is 5.63. The first-order valence-corrected chi connectivity index (χ1v) is 7.45. The van der Waals surface area contributed by atoms with Gasteiger partial charge in [-0.1, -0.05) is 13.8 Å². The van der Waals surface area contributed by atoms with Gasteiger partial charge in [0.1, 0.15) is 0 Å². The van der Waals surface area contributed by atoms with Gasteiger partial charge in [-0.15, -0.1) is 0 Å². The maximum Gasteiger partial charge on any atom is 0.228 e. The van der Waals surface area contributed by atoms with Crippen LogP contribution in [0.25, 0.3) is 0 Å². The first kappa shape index (κ1) is 16.2. The minimum atomic E-state index is -0.631. The van der Waals surface area contributed by atoms with Gasteiger partial charge in [0.15, 0.2) is 5.82 Å².